The van der Waals surface area contributed by atoms with Gasteiger partial charge in [0.2, 0.25) is 0 Å². The van der Waals surface area contributed by atoms with Gasteiger partial charge in [0.05, 0.1) is 18.6 Å². The molecule has 0 rings (SSSR count). The second-order valence-corrected chi connectivity index (χ2v) is 2.84. The molecule has 3 nitrogen and oxygen atoms in total. The highest BCUT2D eigenvalue weighted by Gasteiger charge is 2.14. The average Bonchev–Trinajstić information content (AvgIpc) is 1.89. The summed E-state index contributed by atoms with van der Waals surface area (Å²) in [5, 5.41) is 8.57. The van der Waals surface area contributed by atoms with Gasteiger partial charge in [-0.1, -0.05) is 0 Å². The van der Waals surface area contributed by atoms with Gasteiger partial charge in [-0.2, -0.15) is 5.26 Å². The van der Waals surface area contributed by atoms with Gasteiger partial charge in [0.25, 0.3) is 0 Å². The zero-order chi connectivity index (χ0) is 8.04. The van der Waals surface area contributed by atoms with E-state index in [0.717, 1.165) is 13.0 Å². The maximum atomic E-state index is 8.57. The second-order valence-electron chi connectivity index (χ2n) is 2.84. The molecule has 1 N–H and O–H groups in total. The Kier molecular flexibility index (Phi) is 4.01. The summed E-state index contributed by atoms with van der Waals surface area (Å²) in [6.45, 7) is 4.53. The third kappa shape index (κ3) is 4.30. The van der Waals surface area contributed by atoms with Crippen LogP contribution in [0.15, 0.2) is 0 Å². The lowest BCUT2D eigenvalue weighted by Gasteiger charge is -2.13. The quantitative estimate of drug-likeness (QED) is 0.472. The van der Waals surface area contributed by atoms with Gasteiger partial charge in [0, 0.05) is 6.54 Å². The van der Waals surface area contributed by atoms with Crippen LogP contribution in [0.5, 0.6) is 0 Å². The molecule has 0 aromatic carbocycles. The third-order valence-electron chi connectivity index (χ3n) is 1.30. The SMILES string of the molecule is CONCCC(C)(C)C#N. The minimum atomic E-state index is -0.245. The molecular formula is C7H14N2O. The zero-order valence-corrected chi connectivity index (χ0v) is 6.77. The van der Waals surface area contributed by atoms with Gasteiger partial charge in [-0.05, 0) is 20.3 Å². The molecule has 0 aliphatic rings. The van der Waals surface area contributed by atoms with E-state index in [-0.39, 0.29) is 5.41 Å². The van der Waals surface area contributed by atoms with Gasteiger partial charge < -0.3 is 4.84 Å². The Hall–Kier alpha value is -0.590. The first-order valence-corrected chi connectivity index (χ1v) is 3.29. The van der Waals surface area contributed by atoms with Crippen molar-refractivity contribution in [1.29, 1.82) is 5.26 Å². The van der Waals surface area contributed by atoms with Crippen LogP contribution in [0.2, 0.25) is 0 Å². The molecule has 0 heterocycles. The maximum Gasteiger partial charge on any atom is 0.0684 e. The summed E-state index contributed by atoms with van der Waals surface area (Å²) in [5.41, 5.74) is 2.44. The van der Waals surface area contributed by atoms with Crippen molar-refractivity contribution in [3.05, 3.63) is 0 Å². The predicted octanol–water partition coefficient (Wildman–Crippen LogP) is 1.08. The normalized spacial score (nSPS) is 11.0. The molecule has 58 valence electrons. The number of rotatable bonds is 4. The van der Waals surface area contributed by atoms with Crippen LogP contribution >= 0.6 is 0 Å². The number of hydrogen-bond donors (Lipinski definition) is 1. The van der Waals surface area contributed by atoms with Crippen molar-refractivity contribution < 1.29 is 4.84 Å². The van der Waals surface area contributed by atoms with Crippen LogP contribution in [0, 0.1) is 16.7 Å². The Morgan fingerprint density at radius 3 is 2.60 bits per heavy atom. The van der Waals surface area contributed by atoms with E-state index in [9.17, 15) is 0 Å². The predicted molar refractivity (Wildman–Crippen MR) is 39.0 cm³/mol. The van der Waals surface area contributed by atoms with E-state index in [2.05, 4.69) is 16.4 Å². The number of nitrogens with zero attached hydrogens (tertiary/aromatic N) is 1. The molecule has 0 bridgehead atoms. The van der Waals surface area contributed by atoms with Crippen molar-refractivity contribution in [3.8, 4) is 6.07 Å². The minimum Gasteiger partial charge on any atom is -0.305 e. The molecule has 0 amide bonds. The Morgan fingerprint density at radius 2 is 2.20 bits per heavy atom. The number of nitriles is 1. The summed E-state index contributed by atoms with van der Waals surface area (Å²) in [5.74, 6) is 0. The van der Waals surface area contributed by atoms with Crippen molar-refractivity contribution in [1.82, 2.24) is 5.48 Å². The van der Waals surface area contributed by atoms with Crippen molar-refractivity contribution in [2.24, 2.45) is 5.41 Å². The fourth-order valence-corrected chi connectivity index (χ4v) is 0.521. The molecular weight excluding hydrogens is 128 g/mol. The monoisotopic (exact) mass is 142 g/mol. The highest BCUT2D eigenvalue weighted by Crippen LogP contribution is 2.16. The Labute approximate surface area is 61.9 Å². The van der Waals surface area contributed by atoms with Crippen molar-refractivity contribution >= 4 is 0 Å². The third-order valence-corrected chi connectivity index (χ3v) is 1.30. The van der Waals surface area contributed by atoms with E-state index in [0.29, 0.717) is 0 Å². The van der Waals surface area contributed by atoms with Gasteiger partial charge in [-0.25, -0.2) is 5.48 Å². The van der Waals surface area contributed by atoms with Crippen molar-refractivity contribution in [3.63, 3.8) is 0 Å². The summed E-state index contributed by atoms with van der Waals surface area (Å²) in [6.07, 6.45) is 0.803. The first-order chi connectivity index (χ1) is 4.62. The van der Waals surface area contributed by atoms with Gasteiger partial charge in [-0.15, -0.1) is 0 Å². The smallest absolute Gasteiger partial charge is 0.0684 e. The van der Waals surface area contributed by atoms with Crippen molar-refractivity contribution in [2.75, 3.05) is 13.7 Å². The van der Waals surface area contributed by atoms with E-state index < -0.39 is 0 Å². The van der Waals surface area contributed by atoms with Crippen LogP contribution in [0.4, 0.5) is 0 Å². The van der Waals surface area contributed by atoms with Gasteiger partial charge in [0.15, 0.2) is 0 Å². The summed E-state index contributed by atoms with van der Waals surface area (Å²) >= 11 is 0. The molecule has 0 saturated heterocycles. The fraction of sp³-hybridized carbons (Fsp3) is 0.857. The highest BCUT2D eigenvalue weighted by molar-refractivity contribution is 4.91. The van der Waals surface area contributed by atoms with Crippen LogP contribution in [0.1, 0.15) is 20.3 Å². The molecule has 0 unspecified atom stereocenters. The summed E-state index contributed by atoms with van der Waals surface area (Å²) in [6, 6.07) is 2.20. The first kappa shape index (κ1) is 9.41. The van der Waals surface area contributed by atoms with Gasteiger partial charge in [-0.3, -0.25) is 0 Å². The Bertz CT molecular complexity index is 126. The molecule has 3 heteroatoms. The topological polar surface area (TPSA) is 45.0 Å². The molecule has 0 spiro atoms. The lowest BCUT2D eigenvalue weighted by Crippen LogP contribution is -2.20. The molecule has 0 aliphatic heterocycles. The lowest BCUT2D eigenvalue weighted by molar-refractivity contribution is 0.0856. The van der Waals surface area contributed by atoms with E-state index in [1.165, 1.54) is 0 Å². The van der Waals surface area contributed by atoms with E-state index in [1.54, 1.807) is 7.11 Å². The number of nitrogens with one attached hydrogen (secondary N) is 1. The molecule has 10 heavy (non-hydrogen) atoms. The Morgan fingerprint density at radius 1 is 1.60 bits per heavy atom. The average molecular weight is 142 g/mol. The molecule has 0 aromatic rings. The summed E-state index contributed by atoms with van der Waals surface area (Å²) in [4.78, 5) is 4.62. The molecule has 0 aromatic heterocycles. The molecule has 0 aliphatic carbocycles. The van der Waals surface area contributed by atoms with Crippen LogP contribution in [0.25, 0.3) is 0 Å². The van der Waals surface area contributed by atoms with Crippen LogP contribution in [0.3, 0.4) is 0 Å². The second kappa shape index (κ2) is 4.26. The summed E-state index contributed by atoms with van der Waals surface area (Å²) < 4.78 is 0. The standard InChI is InChI=1S/C7H14N2O/c1-7(2,6-8)4-5-9-10-3/h9H,4-5H2,1-3H3. The lowest BCUT2D eigenvalue weighted by atomic mass is 9.92. The van der Waals surface area contributed by atoms with Crippen molar-refractivity contribution in [2.45, 2.75) is 20.3 Å². The highest BCUT2D eigenvalue weighted by atomic mass is 16.6. The van der Waals surface area contributed by atoms with Crippen LogP contribution in [-0.4, -0.2) is 13.7 Å². The molecule has 0 saturated carbocycles. The number of hydrogen-bond acceptors (Lipinski definition) is 3. The Balaban J connectivity index is 3.40. The van der Waals surface area contributed by atoms with E-state index >= 15 is 0 Å². The van der Waals surface area contributed by atoms with Crippen LogP contribution in [-0.2, 0) is 4.84 Å². The van der Waals surface area contributed by atoms with E-state index in [1.807, 2.05) is 13.8 Å². The van der Waals surface area contributed by atoms with Gasteiger partial charge in [0.1, 0.15) is 0 Å². The van der Waals surface area contributed by atoms with E-state index in [4.69, 9.17) is 5.26 Å². The zero-order valence-electron chi connectivity index (χ0n) is 6.77. The molecule has 0 fully saturated rings. The first-order valence-electron chi connectivity index (χ1n) is 3.29. The summed E-state index contributed by atoms with van der Waals surface area (Å²) in [7, 11) is 1.57. The minimum absolute atomic E-state index is 0.245. The number of hydroxylamine groups is 1. The van der Waals surface area contributed by atoms with Gasteiger partial charge >= 0.3 is 0 Å². The molecule has 0 radical (unpaired) electrons. The van der Waals surface area contributed by atoms with Crippen LogP contribution < -0.4 is 5.48 Å². The fourth-order valence-electron chi connectivity index (χ4n) is 0.521. The largest absolute Gasteiger partial charge is 0.305 e. The maximum absolute atomic E-state index is 8.57. The molecule has 0 atom stereocenters.